The minimum absolute atomic E-state index is 0.0525. The Bertz CT molecular complexity index is 1030. The number of ether oxygens (including phenoxy) is 2. The van der Waals surface area contributed by atoms with Crippen LogP contribution in [0.2, 0.25) is 0 Å². The highest BCUT2D eigenvalue weighted by Crippen LogP contribution is 2.32. The summed E-state index contributed by atoms with van der Waals surface area (Å²) in [6, 6.07) is 7.62. The molecule has 0 radical (unpaired) electrons. The van der Waals surface area contributed by atoms with Gasteiger partial charge in [0, 0.05) is 17.8 Å². The zero-order chi connectivity index (χ0) is 20.5. The fourth-order valence-corrected chi connectivity index (χ4v) is 3.22. The quantitative estimate of drug-likeness (QED) is 0.520. The van der Waals surface area contributed by atoms with Gasteiger partial charge in [-0.2, -0.15) is 9.97 Å². The van der Waals surface area contributed by atoms with Crippen molar-refractivity contribution in [2.45, 2.75) is 38.6 Å². The number of aromatic nitrogens is 4. The van der Waals surface area contributed by atoms with Crippen molar-refractivity contribution in [2.24, 2.45) is 0 Å². The molecule has 3 heterocycles. The van der Waals surface area contributed by atoms with Crippen LogP contribution in [0.1, 0.15) is 25.1 Å². The van der Waals surface area contributed by atoms with Crippen molar-refractivity contribution in [3.63, 3.8) is 0 Å². The first-order valence-corrected chi connectivity index (χ1v) is 9.61. The van der Waals surface area contributed by atoms with Crippen LogP contribution < -0.4 is 10.1 Å². The van der Waals surface area contributed by atoms with Crippen molar-refractivity contribution in [2.75, 3.05) is 5.32 Å². The van der Waals surface area contributed by atoms with E-state index in [9.17, 15) is 15.0 Å². The number of aliphatic hydroxyl groups is 2. The predicted octanol–water partition coefficient (Wildman–Crippen LogP) is 1.72. The second-order valence-corrected chi connectivity index (χ2v) is 7.47. The Morgan fingerprint density at radius 3 is 2.76 bits per heavy atom. The molecule has 0 bridgehead atoms. The van der Waals surface area contributed by atoms with Gasteiger partial charge in [-0.3, -0.25) is 14.7 Å². The summed E-state index contributed by atoms with van der Waals surface area (Å²) in [5.74, 6) is -0.0894. The van der Waals surface area contributed by atoms with E-state index in [0.29, 0.717) is 11.2 Å². The second-order valence-electron chi connectivity index (χ2n) is 6.56. The van der Waals surface area contributed by atoms with Crippen molar-refractivity contribution < 1.29 is 24.5 Å². The monoisotopic (exact) mass is 463 g/mol. The Morgan fingerprint density at radius 1 is 1.34 bits per heavy atom. The molecular formula is C18H18BrN5O5. The SMILES string of the molecule is CC(=O)Nc1nc(OCc2ccc(Br)cc2)c2ncn(C3CC(O)C(O)O3)c2n1. The van der Waals surface area contributed by atoms with Gasteiger partial charge in [0.1, 0.15) is 18.9 Å². The molecule has 2 aromatic heterocycles. The van der Waals surface area contributed by atoms with E-state index in [-0.39, 0.29) is 30.8 Å². The van der Waals surface area contributed by atoms with E-state index in [4.69, 9.17) is 9.47 Å². The van der Waals surface area contributed by atoms with Gasteiger partial charge in [0.05, 0.1) is 6.33 Å². The number of carbonyl (C=O) groups is 1. The van der Waals surface area contributed by atoms with E-state index in [1.54, 1.807) is 4.57 Å². The summed E-state index contributed by atoms with van der Waals surface area (Å²) in [6.07, 6.45) is -1.33. The topological polar surface area (TPSA) is 132 Å². The van der Waals surface area contributed by atoms with Gasteiger partial charge >= 0.3 is 0 Å². The molecule has 1 aliphatic heterocycles. The second kappa shape index (κ2) is 8.03. The minimum Gasteiger partial charge on any atom is -0.471 e. The molecule has 0 aliphatic carbocycles. The molecule has 0 spiro atoms. The lowest BCUT2D eigenvalue weighted by Crippen LogP contribution is -2.19. The van der Waals surface area contributed by atoms with E-state index in [1.165, 1.54) is 13.3 Å². The average Bonchev–Trinajstić information content (AvgIpc) is 3.24. The van der Waals surface area contributed by atoms with Crippen LogP contribution in [-0.4, -0.2) is 48.0 Å². The van der Waals surface area contributed by atoms with E-state index >= 15 is 0 Å². The molecule has 1 aromatic carbocycles. The van der Waals surface area contributed by atoms with Gasteiger partial charge in [-0.1, -0.05) is 28.1 Å². The molecule has 1 amide bonds. The number of aliphatic hydroxyl groups excluding tert-OH is 2. The van der Waals surface area contributed by atoms with Crippen LogP contribution in [0.3, 0.4) is 0 Å². The Hall–Kier alpha value is -2.60. The lowest BCUT2D eigenvalue weighted by atomic mass is 10.2. The summed E-state index contributed by atoms with van der Waals surface area (Å²) in [6.45, 7) is 1.59. The molecule has 152 valence electrons. The molecule has 3 unspecified atom stereocenters. The number of rotatable bonds is 5. The van der Waals surface area contributed by atoms with E-state index in [1.807, 2.05) is 24.3 Å². The van der Waals surface area contributed by atoms with Gasteiger partial charge in [-0.05, 0) is 17.7 Å². The summed E-state index contributed by atoms with van der Waals surface area (Å²) in [4.78, 5) is 24.4. The number of anilines is 1. The summed E-state index contributed by atoms with van der Waals surface area (Å²) >= 11 is 3.39. The Kier molecular flexibility index (Phi) is 5.46. The number of benzene rings is 1. The van der Waals surface area contributed by atoms with Crippen molar-refractivity contribution >= 4 is 38.9 Å². The van der Waals surface area contributed by atoms with Crippen molar-refractivity contribution in [3.05, 3.63) is 40.6 Å². The van der Waals surface area contributed by atoms with Gasteiger partial charge in [0.25, 0.3) is 0 Å². The minimum atomic E-state index is -1.29. The van der Waals surface area contributed by atoms with Crippen LogP contribution >= 0.6 is 15.9 Å². The Morgan fingerprint density at radius 2 is 2.10 bits per heavy atom. The van der Waals surface area contributed by atoms with Crippen LogP contribution in [0.4, 0.5) is 5.95 Å². The van der Waals surface area contributed by atoms with Crippen LogP contribution in [0, 0.1) is 0 Å². The third kappa shape index (κ3) is 4.22. The first-order valence-electron chi connectivity index (χ1n) is 8.81. The van der Waals surface area contributed by atoms with Gasteiger partial charge in [-0.25, -0.2) is 4.98 Å². The molecule has 1 saturated heterocycles. The maximum Gasteiger partial charge on any atom is 0.247 e. The largest absolute Gasteiger partial charge is 0.471 e. The Balaban J connectivity index is 1.68. The lowest BCUT2D eigenvalue weighted by Gasteiger charge is -2.13. The number of nitrogens with one attached hydrogen (secondary N) is 1. The van der Waals surface area contributed by atoms with E-state index in [2.05, 4.69) is 36.2 Å². The summed E-state index contributed by atoms with van der Waals surface area (Å²) in [5.41, 5.74) is 1.64. The highest BCUT2D eigenvalue weighted by Gasteiger charge is 2.34. The van der Waals surface area contributed by atoms with E-state index in [0.717, 1.165) is 10.0 Å². The van der Waals surface area contributed by atoms with Crippen molar-refractivity contribution in [3.8, 4) is 5.88 Å². The molecule has 1 fully saturated rings. The maximum absolute atomic E-state index is 11.5. The van der Waals surface area contributed by atoms with Crippen molar-refractivity contribution in [1.29, 1.82) is 0 Å². The molecule has 1 aliphatic rings. The zero-order valence-corrected chi connectivity index (χ0v) is 16.9. The summed E-state index contributed by atoms with van der Waals surface area (Å²) in [5, 5.41) is 22.0. The van der Waals surface area contributed by atoms with Gasteiger partial charge in [0.15, 0.2) is 17.5 Å². The highest BCUT2D eigenvalue weighted by atomic mass is 79.9. The average molecular weight is 464 g/mol. The van der Waals surface area contributed by atoms with Crippen molar-refractivity contribution in [1.82, 2.24) is 19.5 Å². The third-order valence-electron chi connectivity index (χ3n) is 4.35. The van der Waals surface area contributed by atoms with Crippen LogP contribution in [0.5, 0.6) is 5.88 Å². The number of amides is 1. The standard InChI is InChI=1S/C18H18BrN5O5/c1-9(25)21-18-22-15-14(20-8-24(15)13-6-12(26)17(27)29-13)16(23-18)28-7-10-2-4-11(19)5-3-10/h2-5,8,12-13,17,26-27H,6-7H2,1H3,(H,21,22,23,25). The molecule has 3 atom stereocenters. The molecule has 11 heteroatoms. The summed E-state index contributed by atoms with van der Waals surface area (Å²) in [7, 11) is 0. The number of imidazole rings is 1. The smallest absolute Gasteiger partial charge is 0.247 e. The molecule has 0 saturated carbocycles. The molecule has 3 aromatic rings. The molecule has 29 heavy (non-hydrogen) atoms. The number of halogens is 1. The van der Waals surface area contributed by atoms with E-state index < -0.39 is 18.6 Å². The molecule has 10 nitrogen and oxygen atoms in total. The molecular weight excluding hydrogens is 446 g/mol. The molecule has 4 rings (SSSR count). The predicted molar refractivity (Wildman–Crippen MR) is 105 cm³/mol. The fraction of sp³-hybridized carbons (Fsp3) is 0.333. The first kappa shape index (κ1) is 19.7. The van der Waals surface area contributed by atoms with Gasteiger partial charge in [-0.15, -0.1) is 0 Å². The number of carbonyl (C=O) groups excluding carboxylic acids is 1. The Labute approximate surface area is 173 Å². The number of fused-ring (bicyclic) bond motifs is 1. The molecule has 3 N–H and O–H groups in total. The number of nitrogens with zero attached hydrogens (tertiary/aromatic N) is 4. The van der Waals surface area contributed by atoms with Crippen LogP contribution in [0.15, 0.2) is 35.1 Å². The van der Waals surface area contributed by atoms with Crippen LogP contribution in [-0.2, 0) is 16.1 Å². The highest BCUT2D eigenvalue weighted by molar-refractivity contribution is 9.10. The fourth-order valence-electron chi connectivity index (χ4n) is 2.96. The number of hydrogen-bond acceptors (Lipinski definition) is 8. The maximum atomic E-state index is 11.5. The van der Waals surface area contributed by atoms with Gasteiger partial charge in [0.2, 0.25) is 17.7 Å². The third-order valence-corrected chi connectivity index (χ3v) is 4.87. The first-order chi connectivity index (χ1) is 13.9. The summed E-state index contributed by atoms with van der Waals surface area (Å²) < 4.78 is 13.7. The zero-order valence-electron chi connectivity index (χ0n) is 15.3. The lowest BCUT2D eigenvalue weighted by molar-refractivity contribution is -0.140. The van der Waals surface area contributed by atoms with Gasteiger partial charge < -0.3 is 19.7 Å². The van der Waals surface area contributed by atoms with Crippen LogP contribution in [0.25, 0.3) is 11.2 Å². The number of hydrogen-bond donors (Lipinski definition) is 3. The normalized spacial score (nSPS) is 21.4.